The first-order valence-electron chi connectivity index (χ1n) is 14.1. The standard InChI is InChI=1S/C29H46N2O7/c32-24(17-16-23-12-6-5-7-13-23)18-19-26-25(27(33)22-28(26)34)14-8-1-2-9-15-29(35)30-20-10-3-4-11-21-38-31(36)37/h1,5-8,12-13,24-28,32-34H,2-4,9-11,14-22H2,(H,30,35)/b8-1-/t24-,25+,26+,27-,28+/m0/s1. The number of nitrogens with one attached hydrogen (secondary N) is 1. The van der Waals surface area contributed by atoms with Gasteiger partial charge in [-0.25, -0.2) is 0 Å². The Morgan fingerprint density at radius 3 is 2.55 bits per heavy atom. The summed E-state index contributed by atoms with van der Waals surface area (Å²) in [4.78, 5) is 26.3. The van der Waals surface area contributed by atoms with Crippen LogP contribution in [0.4, 0.5) is 0 Å². The fraction of sp³-hybridized carbons (Fsp3) is 0.690. The molecule has 0 heterocycles. The lowest BCUT2D eigenvalue weighted by atomic mass is 9.85. The first-order chi connectivity index (χ1) is 18.4. The molecule has 0 radical (unpaired) electrons. The summed E-state index contributed by atoms with van der Waals surface area (Å²) in [6, 6.07) is 10.1. The SMILES string of the molecule is O=C(CCC/C=C\C[C@@H]1[C@@H](CC[C@@H](O)CCc2ccccc2)[C@H](O)C[C@@H]1O)NCCCCCCO[N+](=O)[O-]. The molecule has 4 N–H and O–H groups in total. The van der Waals surface area contributed by atoms with Gasteiger partial charge in [0.1, 0.15) is 0 Å². The Kier molecular flexibility index (Phi) is 15.6. The van der Waals surface area contributed by atoms with Gasteiger partial charge in [0, 0.05) is 13.0 Å². The molecule has 0 aliphatic heterocycles. The van der Waals surface area contributed by atoms with E-state index in [-0.39, 0.29) is 24.3 Å². The molecule has 9 nitrogen and oxygen atoms in total. The van der Waals surface area contributed by atoms with Crippen molar-refractivity contribution in [2.75, 3.05) is 13.2 Å². The number of aliphatic hydroxyl groups excluding tert-OH is 3. The maximum atomic E-state index is 12.0. The molecular formula is C29H46N2O7. The van der Waals surface area contributed by atoms with Crippen molar-refractivity contribution < 1.29 is 30.0 Å². The van der Waals surface area contributed by atoms with Crippen LogP contribution in [0.1, 0.15) is 82.6 Å². The Bertz CT molecular complexity index is 820. The molecule has 0 unspecified atom stereocenters. The van der Waals surface area contributed by atoms with Gasteiger partial charge < -0.3 is 25.5 Å². The van der Waals surface area contributed by atoms with E-state index in [4.69, 9.17) is 0 Å². The van der Waals surface area contributed by atoms with Gasteiger partial charge in [-0.15, -0.1) is 10.1 Å². The van der Waals surface area contributed by atoms with Gasteiger partial charge in [-0.3, -0.25) is 4.79 Å². The maximum Gasteiger partial charge on any atom is 0.294 e. The molecule has 0 spiro atoms. The van der Waals surface area contributed by atoms with Gasteiger partial charge >= 0.3 is 0 Å². The predicted octanol–water partition coefficient (Wildman–Crippen LogP) is 4.12. The van der Waals surface area contributed by atoms with E-state index in [1.165, 1.54) is 5.56 Å². The molecule has 5 atom stereocenters. The first kappa shape index (κ1) is 31.7. The van der Waals surface area contributed by atoms with Crippen LogP contribution < -0.4 is 5.32 Å². The molecule has 1 aromatic carbocycles. The zero-order valence-electron chi connectivity index (χ0n) is 22.5. The number of aryl methyl sites for hydroxylation is 1. The molecule has 214 valence electrons. The lowest BCUT2D eigenvalue weighted by Crippen LogP contribution is -2.24. The number of carbonyl (C=O) groups excluding carboxylic acids is 1. The molecule has 1 fully saturated rings. The molecule has 0 bridgehead atoms. The van der Waals surface area contributed by atoms with Crippen molar-refractivity contribution in [3.63, 3.8) is 0 Å². The molecule has 1 saturated carbocycles. The van der Waals surface area contributed by atoms with Crippen LogP contribution in [0.3, 0.4) is 0 Å². The summed E-state index contributed by atoms with van der Waals surface area (Å²) >= 11 is 0. The summed E-state index contributed by atoms with van der Waals surface area (Å²) in [5.41, 5.74) is 1.21. The summed E-state index contributed by atoms with van der Waals surface area (Å²) in [7, 11) is 0. The molecule has 1 amide bonds. The minimum absolute atomic E-state index is 0.0167. The quantitative estimate of drug-likeness (QED) is 0.0853. The molecule has 1 aliphatic rings. The lowest BCUT2D eigenvalue weighted by molar-refractivity contribution is -0.757. The molecule has 0 aromatic heterocycles. The van der Waals surface area contributed by atoms with Gasteiger partial charge in [0.2, 0.25) is 5.91 Å². The number of aliphatic hydroxyl groups is 3. The van der Waals surface area contributed by atoms with Crippen LogP contribution >= 0.6 is 0 Å². The molecule has 1 aliphatic carbocycles. The third-order valence-electron chi connectivity index (χ3n) is 7.40. The van der Waals surface area contributed by atoms with E-state index in [9.17, 15) is 30.2 Å². The Morgan fingerprint density at radius 2 is 1.79 bits per heavy atom. The Morgan fingerprint density at radius 1 is 1.05 bits per heavy atom. The van der Waals surface area contributed by atoms with Crippen LogP contribution in [-0.2, 0) is 16.1 Å². The van der Waals surface area contributed by atoms with Gasteiger partial charge in [-0.05, 0) is 81.6 Å². The van der Waals surface area contributed by atoms with Crippen LogP contribution in [0, 0.1) is 22.0 Å². The topological polar surface area (TPSA) is 142 Å². The molecular weight excluding hydrogens is 488 g/mol. The van der Waals surface area contributed by atoms with Crippen molar-refractivity contribution in [1.82, 2.24) is 5.32 Å². The summed E-state index contributed by atoms with van der Waals surface area (Å²) in [6.45, 7) is 0.723. The zero-order chi connectivity index (χ0) is 27.6. The van der Waals surface area contributed by atoms with E-state index in [0.29, 0.717) is 51.5 Å². The largest absolute Gasteiger partial charge is 0.393 e. The second-order valence-electron chi connectivity index (χ2n) is 10.4. The number of hydrogen-bond donors (Lipinski definition) is 4. The van der Waals surface area contributed by atoms with Crippen molar-refractivity contribution in [1.29, 1.82) is 0 Å². The van der Waals surface area contributed by atoms with Gasteiger partial charge in [-0.2, -0.15) is 0 Å². The number of benzene rings is 1. The Labute approximate surface area is 226 Å². The van der Waals surface area contributed by atoms with E-state index < -0.39 is 23.4 Å². The predicted molar refractivity (Wildman–Crippen MR) is 146 cm³/mol. The van der Waals surface area contributed by atoms with Gasteiger partial charge in [0.25, 0.3) is 5.09 Å². The van der Waals surface area contributed by atoms with E-state index in [0.717, 1.165) is 38.5 Å². The van der Waals surface area contributed by atoms with Crippen LogP contribution in [0.25, 0.3) is 0 Å². The highest BCUT2D eigenvalue weighted by Crippen LogP contribution is 2.38. The van der Waals surface area contributed by atoms with E-state index in [1.54, 1.807) is 0 Å². The number of hydrogen-bond acceptors (Lipinski definition) is 7. The maximum absolute atomic E-state index is 12.0. The summed E-state index contributed by atoms with van der Waals surface area (Å²) in [5.74, 6) is -0.0142. The van der Waals surface area contributed by atoms with Crippen molar-refractivity contribution in [3.8, 4) is 0 Å². The first-order valence-corrected chi connectivity index (χ1v) is 14.1. The van der Waals surface area contributed by atoms with Crippen LogP contribution in [0.5, 0.6) is 0 Å². The molecule has 1 aromatic rings. The van der Waals surface area contributed by atoms with E-state index >= 15 is 0 Å². The second kappa shape index (κ2) is 18.7. The third-order valence-corrected chi connectivity index (χ3v) is 7.40. The highest BCUT2D eigenvalue weighted by Gasteiger charge is 2.40. The summed E-state index contributed by atoms with van der Waals surface area (Å²) in [6.07, 6.45) is 11.7. The van der Waals surface area contributed by atoms with Crippen LogP contribution in [0.2, 0.25) is 0 Å². The zero-order valence-corrected chi connectivity index (χ0v) is 22.5. The molecule has 0 saturated heterocycles. The fourth-order valence-electron chi connectivity index (χ4n) is 5.20. The van der Waals surface area contributed by atoms with Gasteiger partial charge in [0.05, 0.1) is 24.9 Å². The summed E-state index contributed by atoms with van der Waals surface area (Å²) < 4.78 is 0. The smallest absolute Gasteiger partial charge is 0.294 e. The fourth-order valence-corrected chi connectivity index (χ4v) is 5.20. The highest BCUT2D eigenvalue weighted by atomic mass is 16.9. The third kappa shape index (κ3) is 13.3. The average molecular weight is 535 g/mol. The van der Waals surface area contributed by atoms with E-state index in [2.05, 4.69) is 22.3 Å². The van der Waals surface area contributed by atoms with E-state index in [1.807, 2.05) is 30.4 Å². The minimum atomic E-state index is -0.781. The lowest BCUT2D eigenvalue weighted by Gasteiger charge is -2.23. The molecule has 2 rings (SSSR count). The molecule has 9 heteroatoms. The number of allylic oxidation sites excluding steroid dienone is 2. The van der Waals surface area contributed by atoms with Crippen LogP contribution in [0.15, 0.2) is 42.5 Å². The monoisotopic (exact) mass is 534 g/mol. The molecule has 38 heavy (non-hydrogen) atoms. The Hall–Kier alpha value is -2.49. The minimum Gasteiger partial charge on any atom is -0.393 e. The normalized spacial score (nSPS) is 22.0. The van der Waals surface area contributed by atoms with Crippen molar-refractivity contribution >= 4 is 5.91 Å². The number of amides is 1. The highest BCUT2D eigenvalue weighted by molar-refractivity contribution is 5.75. The van der Waals surface area contributed by atoms with Crippen LogP contribution in [-0.4, -0.2) is 57.8 Å². The number of unbranched alkanes of at least 4 members (excludes halogenated alkanes) is 4. The number of carbonyl (C=O) groups is 1. The average Bonchev–Trinajstić information content (AvgIpc) is 3.17. The second-order valence-corrected chi connectivity index (χ2v) is 10.4. The van der Waals surface area contributed by atoms with Crippen molar-refractivity contribution in [3.05, 3.63) is 58.2 Å². The Balaban J connectivity index is 1.55. The number of nitrogens with zero attached hydrogens (tertiary/aromatic N) is 1. The van der Waals surface area contributed by atoms with Crippen molar-refractivity contribution in [2.24, 2.45) is 11.8 Å². The van der Waals surface area contributed by atoms with Gasteiger partial charge in [-0.1, -0.05) is 55.3 Å². The van der Waals surface area contributed by atoms with Crippen molar-refractivity contribution in [2.45, 2.75) is 102 Å². The number of rotatable bonds is 20. The van der Waals surface area contributed by atoms with Gasteiger partial charge in [0.15, 0.2) is 0 Å². The summed E-state index contributed by atoms with van der Waals surface area (Å²) in [5, 5.41) is 43.6.